The van der Waals surface area contributed by atoms with Crippen molar-refractivity contribution in [2.45, 2.75) is 18.9 Å². The van der Waals surface area contributed by atoms with Gasteiger partial charge in [-0.15, -0.1) is 0 Å². The van der Waals surface area contributed by atoms with E-state index in [9.17, 15) is 4.79 Å². The first-order valence-corrected chi connectivity index (χ1v) is 6.82. The van der Waals surface area contributed by atoms with Crippen LogP contribution in [0.4, 0.5) is 0 Å². The van der Waals surface area contributed by atoms with Crippen molar-refractivity contribution in [3.05, 3.63) is 33.4 Å². The molecule has 0 radical (unpaired) electrons. The third-order valence-corrected chi connectivity index (χ3v) is 3.75. The van der Waals surface area contributed by atoms with Gasteiger partial charge in [-0.2, -0.15) is 0 Å². The first-order chi connectivity index (χ1) is 8.19. The molecule has 1 heterocycles. The predicted octanol–water partition coefficient (Wildman–Crippen LogP) is 2.08. The molecule has 4 heteroatoms. The zero-order valence-electron chi connectivity index (χ0n) is 9.86. The third-order valence-electron chi connectivity index (χ3n) is 3.08. The minimum atomic E-state index is 0.201. The Balaban J connectivity index is 1.93. The maximum Gasteiger partial charge on any atom is 0.227 e. The fourth-order valence-electron chi connectivity index (χ4n) is 2.08. The third kappa shape index (κ3) is 3.42. The number of methoxy groups -OCH3 is 1. The van der Waals surface area contributed by atoms with Gasteiger partial charge in [0, 0.05) is 23.8 Å². The van der Waals surface area contributed by atoms with Crippen LogP contribution in [0, 0.1) is 3.57 Å². The number of rotatable bonds is 3. The van der Waals surface area contributed by atoms with Crippen molar-refractivity contribution in [3.8, 4) is 0 Å². The number of nitrogens with zero attached hydrogens (tertiary/aromatic N) is 1. The molecule has 1 aliphatic heterocycles. The van der Waals surface area contributed by atoms with Crippen LogP contribution in [0.5, 0.6) is 0 Å². The van der Waals surface area contributed by atoms with Gasteiger partial charge in [-0.25, -0.2) is 0 Å². The molecule has 92 valence electrons. The van der Waals surface area contributed by atoms with E-state index in [2.05, 4.69) is 28.7 Å². The molecule has 2 rings (SSSR count). The number of benzene rings is 1. The molecule has 0 N–H and O–H groups in total. The van der Waals surface area contributed by atoms with Crippen LogP contribution in [-0.2, 0) is 16.0 Å². The summed E-state index contributed by atoms with van der Waals surface area (Å²) in [7, 11) is 1.71. The minimum Gasteiger partial charge on any atom is -0.380 e. The summed E-state index contributed by atoms with van der Waals surface area (Å²) in [5.74, 6) is 0.201. The van der Waals surface area contributed by atoms with Gasteiger partial charge in [0.05, 0.1) is 12.5 Å². The van der Waals surface area contributed by atoms with Crippen LogP contribution in [0.3, 0.4) is 0 Å². The van der Waals surface area contributed by atoms with Gasteiger partial charge < -0.3 is 9.64 Å². The molecule has 0 aliphatic carbocycles. The first kappa shape index (κ1) is 12.8. The molecule has 1 saturated heterocycles. The molecule has 0 spiro atoms. The van der Waals surface area contributed by atoms with Crippen LogP contribution in [0.15, 0.2) is 24.3 Å². The normalized spacial score (nSPS) is 19.6. The molecule has 0 aromatic heterocycles. The molecule has 1 aromatic carbocycles. The zero-order valence-corrected chi connectivity index (χ0v) is 12.0. The lowest BCUT2D eigenvalue weighted by Crippen LogP contribution is -2.31. The van der Waals surface area contributed by atoms with Crippen LogP contribution in [0.2, 0.25) is 0 Å². The van der Waals surface area contributed by atoms with Crippen molar-refractivity contribution in [2.75, 3.05) is 20.2 Å². The van der Waals surface area contributed by atoms with E-state index >= 15 is 0 Å². The summed E-state index contributed by atoms with van der Waals surface area (Å²) < 4.78 is 6.44. The van der Waals surface area contributed by atoms with E-state index in [0.29, 0.717) is 6.42 Å². The Morgan fingerprint density at radius 2 is 2.41 bits per heavy atom. The molecule has 1 aromatic rings. The molecule has 0 bridgehead atoms. The molecule has 1 atom stereocenters. The molecule has 0 unspecified atom stereocenters. The summed E-state index contributed by atoms with van der Waals surface area (Å²) in [6.07, 6.45) is 1.66. The first-order valence-electron chi connectivity index (χ1n) is 5.74. The Morgan fingerprint density at radius 3 is 3.06 bits per heavy atom. The molecule has 1 amide bonds. The lowest BCUT2D eigenvalue weighted by molar-refractivity contribution is -0.129. The van der Waals surface area contributed by atoms with Gasteiger partial charge in [0.2, 0.25) is 5.91 Å². The molecular formula is C13H16INO2. The van der Waals surface area contributed by atoms with Gasteiger partial charge in [-0.1, -0.05) is 12.1 Å². The van der Waals surface area contributed by atoms with Gasteiger partial charge >= 0.3 is 0 Å². The largest absolute Gasteiger partial charge is 0.380 e. The lowest BCUT2D eigenvalue weighted by atomic mass is 10.1. The van der Waals surface area contributed by atoms with Crippen molar-refractivity contribution in [1.29, 1.82) is 0 Å². The summed E-state index contributed by atoms with van der Waals surface area (Å²) in [5, 5.41) is 0. The highest BCUT2D eigenvalue weighted by molar-refractivity contribution is 14.1. The highest BCUT2D eigenvalue weighted by Gasteiger charge is 2.25. The van der Waals surface area contributed by atoms with Gasteiger partial charge in [-0.05, 0) is 46.7 Å². The van der Waals surface area contributed by atoms with Crippen LogP contribution in [0.1, 0.15) is 12.0 Å². The van der Waals surface area contributed by atoms with E-state index in [-0.39, 0.29) is 12.0 Å². The maximum atomic E-state index is 12.1. The second-order valence-corrected chi connectivity index (χ2v) is 5.54. The summed E-state index contributed by atoms with van der Waals surface area (Å²) in [4.78, 5) is 14.0. The average molecular weight is 345 g/mol. The number of hydrogen-bond donors (Lipinski definition) is 0. The topological polar surface area (TPSA) is 29.5 Å². The highest BCUT2D eigenvalue weighted by Crippen LogP contribution is 2.15. The van der Waals surface area contributed by atoms with E-state index in [1.54, 1.807) is 7.11 Å². The number of carbonyl (C=O) groups is 1. The Kier molecular flexibility index (Phi) is 4.39. The van der Waals surface area contributed by atoms with Gasteiger partial charge in [-0.3, -0.25) is 4.79 Å². The van der Waals surface area contributed by atoms with Crippen molar-refractivity contribution < 1.29 is 9.53 Å². The van der Waals surface area contributed by atoms with Crippen LogP contribution in [0.25, 0.3) is 0 Å². The number of hydrogen-bond acceptors (Lipinski definition) is 2. The summed E-state index contributed by atoms with van der Waals surface area (Å²) in [5.41, 5.74) is 1.09. The SMILES string of the molecule is CO[C@H]1CCN(C(=O)Cc2cccc(I)c2)C1. The van der Waals surface area contributed by atoms with E-state index in [0.717, 1.165) is 25.1 Å². The Morgan fingerprint density at radius 1 is 1.59 bits per heavy atom. The second-order valence-electron chi connectivity index (χ2n) is 4.29. The average Bonchev–Trinajstić information content (AvgIpc) is 2.77. The smallest absolute Gasteiger partial charge is 0.227 e. The number of halogens is 1. The minimum absolute atomic E-state index is 0.201. The van der Waals surface area contributed by atoms with Crippen molar-refractivity contribution >= 4 is 28.5 Å². The van der Waals surface area contributed by atoms with Crippen LogP contribution < -0.4 is 0 Å². The maximum absolute atomic E-state index is 12.1. The Hall–Kier alpha value is -0.620. The number of amides is 1. The van der Waals surface area contributed by atoms with Crippen molar-refractivity contribution in [3.63, 3.8) is 0 Å². The van der Waals surface area contributed by atoms with E-state index < -0.39 is 0 Å². The van der Waals surface area contributed by atoms with E-state index in [4.69, 9.17) is 4.74 Å². The molecule has 1 aliphatic rings. The van der Waals surface area contributed by atoms with E-state index in [1.807, 2.05) is 23.1 Å². The highest BCUT2D eigenvalue weighted by atomic mass is 127. The molecular weight excluding hydrogens is 329 g/mol. The fraction of sp³-hybridized carbons (Fsp3) is 0.462. The summed E-state index contributed by atoms with van der Waals surface area (Å²) >= 11 is 2.26. The molecule has 0 saturated carbocycles. The predicted molar refractivity (Wildman–Crippen MR) is 74.9 cm³/mol. The molecule has 3 nitrogen and oxygen atoms in total. The summed E-state index contributed by atoms with van der Waals surface area (Å²) in [6, 6.07) is 8.09. The monoisotopic (exact) mass is 345 g/mol. The van der Waals surface area contributed by atoms with Gasteiger partial charge in [0.15, 0.2) is 0 Å². The van der Waals surface area contributed by atoms with Gasteiger partial charge in [0.25, 0.3) is 0 Å². The Bertz CT molecular complexity index is 408. The molecule has 1 fully saturated rings. The Labute approximate surface area is 115 Å². The second kappa shape index (κ2) is 5.82. The summed E-state index contributed by atoms with van der Waals surface area (Å²) in [6.45, 7) is 1.56. The number of likely N-dealkylation sites (tertiary alicyclic amines) is 1. The quantitative estimate of drug-likeness (QED) is 0.785. The van der Waals surface area contributed by atoms with E-state index in [1.165, 1.54) is 3.57 Å². The zero-order chi connectivity index (χ0) is 12.3. The number of ether oxygens (including phenoxy) is 1. The standard InChI is InChI=1S/C13H16INO2/c1-17-12-5-6-15(9-12)13(16)8-10-3-2-4-11(14)7-10/h2-4,7,12H,5-6,8-9H2,1H3/t12-/m0/s1. The number of carbonyl (C=O) groups excluding carboxylic acids is 1. The molecule has 17 heavy (non-hydrogen) atoms. The van der Waals surface area contributed by atoms with Crippen molar-refractivity contribution in [1.82, 2.24) is 4.90 Å². The van der Waals surface area contributed by atoms with Crippen LogP contribution >= 0.6 is 22.6 Å². The van der Waals surface area contributed by atoms with Gasteiger partial charge in [0.1, 0.15) is 0 Å². The fourth-order valence-corrected chi connectivity index (χ4v) is 2.69. The van der Waals surface area contributed by atoms with Crippen LogP contribution in [-0.4, -0.2) is 37.1 Å². The van der Waals surface area contributed by atoms with Crippen molar-refractivity contribution in [2.24, 2.45) is 0 Å². The lowest BCUT2D eigenvalue weighted by Gasteiger charge is -2.16.